The molecule has 31 heavy (non-hydrogen) atoms. The molecule has 0 saturated heterocycles. The fourth-order valence-electron chi connectivity index (χ4n) is 3.71. The quantitative estimate of drug-likeness (QED) is 0.471. The molecule has 1 heterocycles. The first-order chi connectivity index (χ1) is 15.1. The van der Waals surface area contributed by atoms with E-state index in [-0.39, 0.29) is 17.1 Å². The molecule has 0 bridgehead atoms. The van der Waals surface area contributed by atoms with Crippen molar-refractivity contribution in [3.63, 3.8) is 0 Å². The molecule has 0 amide bonds. The van der Waals surface area contributed by atoms with Crippen LogP contribution in [-0.2, 0) is 17.3 Å². The number of nitrogens with zero attached hydrogens (tertiary/aromatic N) is 2. The Bertz CT molecular complexity index is 909. The number of guanidine groups is 1. The Kier molecular flexibility index (Phi) is 8.82. The third-order valence-corrected chi connectivity index (χ3v) is 6.98. The van der Waals surface area contributed by atoms with Crippen LogP contribution in [0.4, 0.5) is 4.39 Å². The maximum atomic E-state index is 13.5. The van der Waals surface area contributed by atoms with E-state index in [1.807, 2.05) is 26.0 Å². The van der Waals surface area contributed by atoms with Gasteiger partial charge in [0.1, 0.15) is 11.6 Å². The van der Waals surface area contributed by atoms with Crippen molar-refractivity contribution in [2.75, 3.05) is 12.3 Å². The monoisotopic (exact) mass is 446 g/mol. The first-order valence-corrected chi connectivity index (χ1v) is 12.3. The van der Waals surface area contributed by atoms with Crippen molar-refractivity contribution in [1.29, 1.82) is 0 Å². The minimum atomic E-state index is -0.762. The number of rotatable bonds is 8. The molecule has 1 fully saturated rings. The van der Waals surface area contributed by atoms with E-state index in [4.69, 9.17) is 9.73 Å². The van der Waals surface area contributed by atoms with E-state index in [9.17, 15) is 8.60 Å². The summed E-state index contributed by atoms with van der Waals surface area (Å²) >= 11 is 0. The summed E-state index contributed by atoms with van der Waals surface area (Å²) in [6.07, 6.45) is 5.68. The molecular formula is C23H31FN4O2S. The number of pyridine rings is 1. The Balaban J connectivity index is 1.68. The zero-order valence-corrected chi connectivity index (χ0v) is 19.0. The van der Waals surface area contributed by atoms with Crippen LogP contribution in [-0.4, -0.2) is 38.7 Å². The summed E-state index contributed by atoms with van der Waals surface area (Å²) in [7, 11) is -0.762. The smallest absolute Gasteiger partial charge is 0.224 e. The van der Waals surface area contributed by atoms with Gasteiger partial charge in [0.15, 0.2) is 5.96 Å². The van der Waals surface area contributed by atoms with E-state index in [2.05, 4.69) is 15.6 Å². The summed E-state index contributed by atoms with van der Waals surface area (Å²) in [4.78, 5) is 9.01. The van der Waals surface area contributed by atoms with Crippen molar-refractivity contribution in [2.45, 2.75) is 57.4 Å². The van der Waals surface area contributed by atoms with Crippen LogP contribution in [0.3, 0.4) is 0 Å². The third kappa shape index (κ3) is 7.02. The number of aliphatic imine (C=N–C) groups is 1. The highest BCUT2D eigenvalue weighted by molar-refractivity contribution is 7.85. The van der Waals surface area contributed by atoms with Gasteiger partial charge in [-0.05, 0) is 44.4 Å². The van der Waals surface area contributed by atoms with Gasteiger partial charge in [0, 0.05) is 52.2 Å². The molecule has 6 nitrogen and oxygen atoms in total. The van der Waals surface area contributed by atoms with Gasteiger partial charge < -0.3 is 15.4 Å². The van der Waals surface area contributed by atoms with Gasteiger partial charge in [0.2, 0.25) is 5.88 Å². The molecular weight excluding hydrogens is 415 g/mol. The molecule has 1 aromatic carbocycles. The number of nitrogens with one attached hydrogen (secondary N) is 2. The fourth-order valence-corrected chi connectivity index (χ4v) is 5.05. The predicted octanol–water partition coefficient (Wildman–Crippen LogP) is 4.15. The minimum Gasteiger partial charge on any atom is -0.439 e. The van der Waals surface area contributed by atoms with Crippen molar-refractivity contribution in [1.82, 2.24) is 15.6 Å². The first kappa shape index (κ1) is 23.2. The van der Waals surface area contributed by atoms with Gasteiger partial charge in [-0.15, -0.1) is 0 Å². The molecule has 168 valence electrons. The highest BCUT2D eigenvalue weighted by Gasteiger charge is 2.26. The summed E-state index contributed by atoms with van der Waals surface area (Å²) in [5.41, 5.74) is 0.803. The van der Waals surface area contributed by atoms with Crippen LogP contribution in [0.15, 0.2) is 47.6 Å². The van der Waals surface area contributed by atoms with Gasteiger partial charge in [0.25, 0.3) is 0 Å². The lowest BCUT2D eigenvalue weighted by Crippen LogP contribution is -2.46. The Morgan fingerprint density at radius 2 is 2.16 bits per heavy atom. The van der Waals surface area contributed by atoms with Crippen molar-refractivity contribution in [3.8, 4) is 11.6 Å². The van der Waals surface area contributed by atoms with Gasteiger partial charge >= 0.3 is 0 Å². The second-order valence-electron chi connectivity index (χ2n) is 7.52. The zero-order valence-electron chi connectivity index (χ0n) is 18.1. The van der Waals surface area contributed by atoms with E-state index in [0.29, 0.717) is 23.9 Å². The zero-order chi connectivity index (χ0) is 22.1. The number of benzene rings is 1. The lowest BCUT2D eigenvalue weighted by molar-refractivity contribution is 0.413. The van der Waals surface area contributed by atoms with Crippen LogP contribution in [0, 0.1) is 5.82 Å². The van der Waals surface area contributed by atoms with Crippen LogP contribution in [0.1, 0.15) is 45.1 Å². The number of hydrogen-bond donors (Lipinski definition) is 2. The Hall–Kier alpha value is -2.48. The molecule has 3 rings (SSSR count). The maximum absolute atomic E-state index is 13.5. The molecule has 1 aromatic heterocycles. The van der Waals surface area contributed by atoms with Crippen LogP contribution >= 0.6 is 0 Å². The van der Waals surface area contributed by atoms with E-state index < -0.39 is 10.8 Å². The molecule has 2 aromatic rings. The predicted molar refractivity (Wildman–Crippen MR) is 123 cm³/mol. The van der Waals surface area contributed by atoms with E-state index in [0.717, 1.165) is 43.8 Å². The van der Waals surface area contributed by atoms with Gasteiger partial charge in [-0.25, -0.2) is 14.4 Å². The summed E-state index contributed by atoms with van der Waals surface area (Å²) in [6, 6.07) is 9.97. The molecule has 3 atom stereocenters. The number of halogens is 1. The lowest BCUT2D eigenvalue weighted by atomic mass is 9.95. The van der Waals surface area contributed by atoms with Crippen molar-refractivity contribution in [2.24, 2.45) is 4.99 Å². The molecule has 3 unspecified atom stereocenters. The third-order valence-electron chi connectivity index (χ3n) is 5.24. The average molecular weight is 447 g/mol. The normalized spacial score (nSPS) is 20.2. The van der Waals surface area contributed by atoms with Gasteiger partial charge in [-0.1, -0.05) is 25.5 Å². The topological polar surface area (TPSA) is 75.6 Å². The summed E-state index contributed by atoms with van der Waals surface area (Å²) in [5, 5.41) is 7.05. The first-order valence-electron chi connectivity index (χ1n) is 10.9. The SMILES string of the molecule is CCNC(=NCc1cccnc1Oc1cccc(F)c1)NC1CCCC(S(=O)CC)C1. The van der Waals surface area contributed by atoms with E-state index >= 15 is 0 Å². The molecule has 1 aliphatic carbocycles. The van der Waals surface area contributed by atoms with Crippen LogP contribution in [0.2, 0.25) is 0 Å². The highest BCUT2D eigenvalue weighted by atomic mass is 32.2. The Morgan fingerprint density at radius 3 is 2.94 bits per heavy atom. The number of hydrogen-bond acceptors (Lipinski definition) is 4. The van der Waals surface area contributed by atoms with Gasteiger partial charge in [-0.3, -0.25) is 4.21 Å². The van der Waals surface area contributed by atoms with Crippen LogP contribution in [0.5, 0.6) is 11.6 Å². The second kappa shape index (κ2) is 11.8. The summed E-state index contributed by atoms with van der Waals surface area (Å²) in [6.45, 7) is 5.11. The highest BCUT2D eigenvalue weighted by Crippen LogP contribution is 2.25. The van der Waals surface area contributed by atoms with Crippen molar-refractivity contribution < 1.29 is 13.3 Å². The van der Waals surface area contributed by atoms with Crippen molar-refractivity contribution >= 4 is 16.8 Å². The largest absolute Gasteiger partial charge is 0.439 e. The lowest BCUT2D eigenvalue weighted by Gasteiger charge is -2.30. The summed E-state index contributed by atoms with van der Waals surface area (Å²) < 4.78 is 31.5. The molecule has 0 aliphatic heterocycles. The Morgan fingerprint density at radius 1 is 1.29 bits per heavy atom. The molecule has 0 spiro atoms. The average Bonchev–Trinajstić information content (AvgIpc) is 2.78. The molecule has 8 heteroatoms. The van der Waals surface area contributed by atoms with Crippen LogP contribution < -0.4 is 15.4 Å². The molecule has 2 N–H and O–H groups in total. The molecule has 1 saturated carbocycles. The van der Waals surface area contributed by atoms with Gasteiger partial charge in [-0.2, -0.15) is 0 Å². The van der Waals surface area contributed by atoms with Crippen molar-refractivity contribution in [3.05, 3.63) is 54.0 Å². The second-order valence-corrected chi connectivity index (χ2v) is 9.53. The van der Waals surface area contributed by atoms with E-state index in [1.54, 1.807) is 18.3 Å². The molecule has 0 radical (unpaired) electrons. The fraction of sp³-hybridized carbons (Fsp3) is 0.478. The number of aromatic nitrogens is 1. The molecule has 1 aliphatic rings. The number of ether oxygens (including phenoxy) is 1. The minimum absolute atomic E-state index is 0.253. The Labute approximate surface area is 186 Å². The van der Waals surface area contributed by atoms with Crippen LogP contribution in [0.25, 0.3) is 0 Å². The maximum Gasteiger partial charge on any atom is 0.224 e. The van der Waals surface area contributed by atoms with Gasteiger partial charge in [0.05, 0.1) is 6.54 Å². The van der Waals surface area contributed by atoms with E-state index in [1.165, 1.54) is 12.1 Å². The standard InChI is InChI=1S/C23H31FN4O2S/c1-3-25-23(28-19-10-6-12-21(15-19)31(29)4-2)27-16-17-8-7-13-26-22(17)30-20-11-5-9-18(24)14-20/h5,7-9,11,13-14,19,21H,3-4,6,10,12,15-16H2,1-2H3,(H2,25,27,28). The summed E-state index contributed by atoms with van der Waals surface area (Å²) in [5.74, 6) is 1.87.